The first-order chi connectivity index (χ1) is 11.5. The van der Waals surface area contributed by atoms with Gasteiger partial charge in [0, 0.05) is 17.3 Å². The van der Waals surface area contributed by atoms with Gasteiger partial charge in [0.05, 0.1) is 29.7 Å². The fraction of sp³-hybridized carbons (Fsp3) is 0.278. The molecule has 1 atom stereocenters. The molecule has 0 fully saturated rings. The number of aryl methyl sites for hydroxylation is 2. The normalized spacial score (nSPS) is 12.1. The molecular formula is C18H21N5O. The van der Waals surface area contributed by atoms with Crippen molar-refractivity contribution in [1.29, 1.82) is 0 Å². The molecule has 0 saturated heterocycles. The molecule has 6 nitrogen and oxygen atoms in total. The minimum absolute atomic E-state index is 0.0472. The van der Waals surface area contributed by atoms with Crippen molar-refractivity contribution in [2.24, 2.45) is 0 Å². The topological polar surface area (TPSA) is 75.6 Å². The molecule has 0 spiro atoms. The Morgan fingerprint density at radius 2 is 2.04 bits per heavy atom. The second kappa shape index (κ2) is 6.70. The van der Waals surface area contributed by atoms with Gasteiger partial charge in [0.2, 0.25) is 0 Å². The summed E-state index contributed by atoms with van der Waals surface area (Å²) in [5.41, 5.74) is 4.27. The molecule has 0 aliphatic heterocycles. The zero-order valence-corrected chi connectivity index (χ0v) is 14.1. The molecule has 0 aliphatic carbocycles. The van der Waals surface area contributed by atoms with Crippen molar-refractivity contribution in [2.45, 2.75) is 33.4 Å². The third-order valence-electron chi connectivity index (χ3n) is 3.87. The molecule has 1 aromatic carbocycles. The molecule has 1 amide bonds. The van der Waals surface area contributed by atoms with Crippen molar-refractivity contribution in [3.63, 3.8) is 0 Å². The van der Waals surface area contributed by atoms with Crippen LogP contribution in [0.3, 0.4) is 0 Å². The number of hydrogen-bond donors (Lipinski definition) is 2. The van der Waals surface area contributed by atoms with E-state index in [0.29, 0.717) is 12.1 Å². The summed E-state index contributed by atoms with van der Waals surface area (Å²) in [4.78, 5) is 12.6. The number of benzene rings is 1. The molecular weight excluding hydrogens is 302 g/mol. The van der Waals surface area contributed by atoms with E-state index in [9.17, 15) is 4.79 Å². The molecule has 24 heavy (non-hydrogen) atoms. The molecule has 0 bridgehead atoms. The van der Waals surface area contributed by atoms with Crippen LogP contribution in [0.1, 0.15) is 28.7 Å². The molecule has 3 rings (SSSR count). The number of carbonyl (C=O) groups is 1. The summed E-state index contributed by atoms with van der Waals surface area (Å²) in [7, 11) is 0. The third kappa shape index (κ3) is 3.37. The summed E-state index contributed by atoms with van der Waals surface area (Å²) < 4.78 is 1.91. The first-order valence-corrected chi connectivity index (χ1v) is 7.95. The van der Waals surface area contributed by atoms with Gasteiger partial charge in [-0.15, -0.1) is 0 Å². The monoisotopic (exact) mass is 323 g/mol. The average molecular weight is 323 g/mol. The number of carbonyl (C=O) groups excluding carboxylic acids is 1. The van der Waals surface area contributed by atoms with Crippen molar-refractivity contribution >= 4 is 5.91 Å². The standard InChI is InChI=1S/C18H21N5O/c1-12-9-14(3)23(22-12)11-13(2)20-18(24)16-10-19-21-17(16)15-7-5-4-6-8-15/h4-10,13H,11H2,1-3H3,(H,19,21)(H,20,24)/t13-/m0/s1. The van der Waals surface area contributed by atoms with E-state index in [1.165, 1.54) is 0 Å². The fourth-order valence-corrected chi connectivity index (χ4v) is 2.75. The largest absolute Gasteiger partial charge is 0.348 e. The van der Waals surface area contributed by atoms with Gasteiger partial charge in [0.1, 0.15) is 0 Å². The van der Waals surface area contributed by atoms with Crippen LogP contribution in [-0.2, 0) is 6.54 Å². The van der Waals surface area contributed by atoms with Crippen LogP contribution in [-0.4, -0.2) is 31.9 Å². The fourth-order valence-electron chi connectivity index (χ4n) is 2.75. The second-order valence-corrected chi connectivity index (χ2v) is 6.01. The Morgan fingerprint density at radius 1 is 1.29 bits per heavy atom. The summed E-state index contributed by atoms with van der Waals surface area (Å²) >= 11 is 0. The quantitative estimate of drug-likeness (QED) is 0.758. The van der Waals surface area contributed by atoms with Crippen molar-refractivity contribution in [3.8, 4) is 11.3 Å². The summed E-state index contributed by atoms with van der Waals surface area (Å²) in [6.07, 6.45) is 1.56. The molecule has 124 valence electrons. The van der Waals surface area contributed by atoms with Gasteiger partial charge in [-0.05, 0) is 26.8 Å². The van der Waals surface area contributed by atoms with Crippen LogP contribution in [0.2, 0.25) is 0 Å². The number of nitrogens with zero attached hydrogens (tertiary/aromatic N) is 3. The Hall–Kier alpha value is -2.89. The zero-order chi connectivity index (χ0) is 17.1. The summed E-state index contributed by atoms with van der Waals surface area (Å²) in [6.45, 7) is 6.57. The number of amides is 1. The maximum atomic E-state index is 12.6. The van der Waals surface area contributed by atoms with Gasteiger partial charge in [-0.1, -0.05) is 30.3 Å². The lowest BCUT2D eigenvalue weighted by molar-refractivity contribution is 0.0936. The van der Waals surface area contributed by atoms with Crippen LogP contribution in [0.25, 0.3) is 11.3 Å². The summed E-state index contributed by atoms with van der Waals surface area (Å²) in [5.74, 6) is -0.142. The first kappa shape index (κ1) is 16.0. The van der Waals surface area contributed by atoms with E-state index >= 15 is 0 Å². The Morgan fingerprint density at radius 3 is 2.71 bits per heavy atom. The van der Waals surface area contributed by atoms with Gasteiger partial charge in [0.15, 0.2) is 0 Å². The highest BCUT2D eigenvalue weighted by atomic mass is 16.1. The summed E-state index contributed by atoms with van der Waals surface area (Å²) in [5, 5.41) is 14.4. The Labute approximate surface area is 140 Å². The first-order valence-electron chi connectivity index (χ1n) is 7.95. The van der Waals surface area contributed by atoms with E-state index in [1.54, 1.807) is 6.20 Å². The van der Waals surface area contributed by atoms with Crippen LogP contribution in [0, 0.1) is 13.8 Å². The number of rotatable bonds is 5. The van der Waals surface area contributed by atoms with Crippen molar-refractivity contribution in [1.82, 2.24) is 25.3 Å². The highest BCUT2D eigenvalue weighted by molar-refractivity contribution is 5.99. The Kier molecular flexibility index (Phi) is 4.46. The van der Waals surface area contributed by atoms with E-state index in [2.05, 4.69) is 20.6 Å². The lowest BCUT2D eigenvalue weighted by atomic mass is 10.1. The predicted molar refractivity (Wildman–Crippen MR) is 92.7 cm³/mol. The smallest absolute Gasteiger partial charge is 0.255 e. The molecule has 0 radical (unpaired) electrons. The Bertz CT molecular complexity index is 834. The van der Waals surface area contributed by atoms with Crippen LogP contribution in [0.5, 0.6) is 0 Å². The van der Waals surface area contributed by atoms with Gasteiger partial charge in [0.25, 0.3) is 5.91 Å². The van der Waals surface area contributed by atoms with E-state index in [0.717, 1.165) is 22.6 Å². The Balaban J connectivity index is 1.72. The van der Waals surface area contributed by atoms with Crippen molar-refractivity contribution in [3.05, 3.63) is 59.5 Å². The molecule has 2 heterocycles. The highest BCUT2D eigenvalue weighted by Crippen LogP contribution is 2.20. The lowest BCUT2D eigenvalue weighted by Gasteiger charge is -2.15. The molecule has 2 aromatic heterocycles. The van der Waals surface area contributed by atoms with E-state index in [1.807, 2.05) is 61.9 Å². The van der Waals surface area contributed by atoms with E-state index < -0.39 is 0 Å². The van der Waals surface area contributed by atoms with Gasteiger partial charge >= 0.3 is 0 Å². The van der Waals surface area contributed by atoms with Crippen LogP contribution < -0.4 is 5.32 Å². The average Bonchev–Trinajstić information content (AvgIpc) is 3.15. The van der Waals surface area contributed by atoms with E-state index in [4.69, 9.17) is 0 Å². The molecule has 2 N–H and O–H groups in total. The van der Waals surface area contributed by atoms with Gasteiger partial charge in [-0.25, -0.2) is 0 Å². The van der Waals surface area contributed by atoms with E-state index in [-0.39, 0.29) is 11.9 Å². The number of nitrogens with one attached hydrogen (secondary N) is 2. The molecule has 6 heteroatoms. The predicted octanol–water partition coefficient (Wildman–Crippen LogP) is 2.71. The SMILES string of the molecule is Cc1cc(C)n(C[C@H](C)NC(=O)c2cn[nH]c2-c2ccccc2)n1. The van der Waals surface area contributed by atoms with Gasteiger partial charge in [-0.2, -0.15) is 10.2 Å². The number of hydrogen-bond acceptors (Lipinski definition) is 3. The maximum Gasteiger partial charge on any atom is 0.255 e. The summed E-state index contributed by atoms with van der Waals surface area (Å²) in [6, 6.07) is 11.7. The van der Waals surface area contributed by atoms with Crippen LogP contribution in [0.4, 0.5) is 0 Å². The van der Waals surface area contributed by atoms with Gasteiger partial charge in [-0.3, -0.25) is 14.6 Å². The number of H-pyrrole nitrogens is 1. The third-order valence-corrected chi connectivity index (χ3v) is 3.87. The minimum Gasteiger partial charge on any atom is -0.348 e. The van der Waals surface area contributed by atoms with Crippen molar-refractivity contribution in [2.75, 3.05) is 0 Å². The number of aromatic nitrogens is 4. The maximum absolute atomic E-state index is 12.6. The zero-order valence-electron chi connectivity index (χ0n) is 14.1. The molecule has 0 saturated carbocycles. The molecule has 0 aliphatic rings. The molecule has 0 unspecified atom stereocenters. The lowest BCUT2D eigenvalue weighted by Crippen LogP contribution is -2.36. The van der Waals surface area contributed by atoms with Crippen LogP contribution >= 0.6 is 0 Å². The number of aromatic amines is 1. The molecule has 3 aromatic rings. The minimum atomic E-state index is -0.142. The van der Waals surface area contributed by atoms with Gasteiger partial charge < -0.3 is 5.32 Å². The highest BCUT2D eigenvalue weighted by Gasteiger charge is 2.17. The second-order valence-electron chi connectivity index (χ2n) is 6.01. The van der Waals surface area contributed by atoms with Crippen molar-refractivity contribution < 1.29 is 4.79 Å². The van der Waals surface area contributed by atoms with Crippen LogP contribution in [0.15, 0.2) is 42.6 Å².